The molecule has 1 aromatic carbocycles. The molecular weight excluding hydrogens is 243 g/mol. The van der Waals surface area contributed by atoms with Gasteiger partial charge < -0.3 is 4.74 Å². The van der Waals surface area contributed by atoms with E-state index in [-0.39, 0.29) is 5.97 Å². The van der Waals surface area contributed by atoms with Crippen LogP contribution in [0.2, 0.25) is 0 Å². The second-order valence-electron chi connectivity index (χ2n) is 2.88. The number of rotatable bonds is 3. The summed E-state index contributed by atoms with van der Waals surface area (Å²) in [6.07, 6.45) is 0.897. The predicted molar refractivity (Wildman–Crippen MR) is 62.3 cm³/mol. The van der Waals surface area contributed by atoms with E-state index in [2.05, 4.69) is 23.8 Å². The Hall–Kier alpha value is -0.765. The van der Waals surface area contributed by atoms with E-state index in [1.165, 1.54) is 0 Å². The molecule has 0 radical (unpaired) electrons. The second kappa shape index (κ2) is 5.20. The highest BCUT2D eigenvalue weighted by Crippen LogP contribution is 2.18. The zero-order valence-corrected chi connectivity index (χ0v) is 9.93. The van der Waals surface area contributed by atoms with Crippen LogP contribution in [0.25, 0.3) is 0 Å². The number of carbonyl (C=O) groups is 1. The van der Waals surface area contributed by atoms with Gasteiger partial charge in [-0.2, -0.15) is 0 Å². The van der Waals surface area contributed by atoms with Gasteiger partial charge in [-0.3, -0.25) is 0 Å². The van der Waals surface area contributed by atoms with E-state index < -0.39 is 0 Å². The number of carbonyl (C=O) groups excluding carboxylic acids is 1. The number of halogens is 1. The molecule has 0 aliphatic rings. The number of hydrogen-bond acceptors (Lipinski definition) is 2. The normalized spacial score (nSPS) is 9.86. The molecule has 0 aromatic heterocycles. The fourth-order valence-corrected chi connectivity index (χ4v) is 1.71. The molecule has 0 unspecified atom stereocenters. The summed E-state index contributed by atoms with van der Waals surface area (Å²) in [5, 5.41) is 0. The molecule has 14 heavy (non-hydrogen) atoms. The van der Waals surface area contributed by atoms with E-state index >= 15 is 0 Å². The molecule has 0 bridgehead atoms. The molecule has 2 nitrogen and oxygen atoms in total. The van der Waals surface area contributed by atoms with E-state index in [1.54, 1.807) is 13.0 Å². The van der Waals surface area contributed by atoms with Gasteiger partial charge in [-0.1, -0.05) is 22.3 Å². The molecule has 4 heteroatoms. The van der Waals surface area contributed by atoms with Crippen molar-refractivity contribution < 1.29 is 9.53 Å². The Morgan fingerprint density at radius 1 is 1.57 bits per heavy atom. The lowest BCUT2D eigenvalue weighted by Crippen LogP contribution is -2.05. The Morgan fingerprint density at radius 3 is 2.86 bits per heavy atom. The van der Waals surface area contributed by atoms with E-state index in [4.69, 9.17) is 4.74 Å². The van der Waals surface area contributed by atoms with Crippen molar-refractivity contribution in [3.8, 4) is 0 Å². The zero-order valence-electron chi connectivity index (χ0n) is 8.34. The molecule has 0 N–H and O–H groups in total. The highest BCUT2D eigenvalue weighted by molar-refractivity contribution is 9.10. The standard InChI is InChI=1S/C10H12BBrO2/c1-2-14-10(13)7-3-4-9(12)8(5-7)6-11/h3-5H,2,6,11H2,1H3. The Bertz CT molecular complexity index is 339. The van der Waals surface area contributed by atoms with Crippen molar-refractivity contribution in [2.45, 2.75) is 13.2 Å². The molecule has 0 heterocycles. The van der Waals surface area contributed by atoms with Gasteiger partial charge in [-0.25, -0.2) is 4.79 Å². The smallest absolute Gasteiger partial charge is 0.338 e. The van der Waals surface area contributed by atoms with Crippen LogP contribution in [0.4, 0.5) is 0 Å². The van der Waals surface area contributed by atoms with E-state index in [0.717, 1.165) is 16.4 Å². The van der Waals surface area contributed by atoms with Crippen molar-refractivity contribution in [1.82, 2.24) is 0 Å². The van der Waals surface area contributed by atoms with Crippen molar-refractivity contribution >= 4 is 29.7 Å². The minimum absolute atomic E-state index is 0.255. The van der Waals surface area contributed by atoms with Crippen LogP contribution in [-0.2, 0) is 11.1 Å². The van der Waals surface area contributed by atoms with Crippen LogP contribution in [0, 0.1) is 0 Å². The van der Waals surface area contributed by atoms with Gasteiger partial charge in [0.2, 0.25) is 0 Å². The van der Waals surface area contributed by atoms with Gasteiger partial charge in [0.25, 0.3) is 0 Å². The van der Waals surface area contributed by atoms with Crippen molar-refractivity contribution in [3.05, 3.63) is 33.8 Å². The SMILES string of the molecule is BCc1cc(C(=O)OCC)ccc1Br. The summed E-state index contributed by atoms with van der Waals surface area (Å²) in [6.45, 7) is 2.22. The van der Waals surface area contributed by atoms with Gasteiger partial charge in [0, 0.05) is 4.47 Å². The summed E-state index contributed by atoms with van der Waals surface area (Å²) in [7, 11) is 2.05. The summed E-state index contributed by atoms with van der Waals surface area (Å²) < 4.78 is 5.95. The van der Waals surface area contributed by atoms with E-state index in [9.17, 15) is 4.79 Å². The van der Waals surface area contributed by atoms with Gasteiger partial charge in [-0.05, 0) is 30.7 Å². The molecule has 1 rings (SSSR count). The minimum Gasteiger partial charge on any atom is -0.462 e. The first-order valence-corrected chi connectivity index (χ1v) is 5.43. The third-order valence-electron chi connectivity index (χ3n) is 1.94. The summed E-state index contributed by atoms with van der Waals surface area (Å²) in [6, 6.07) is 5.51. The van der Waals surface area contributed by atoms with Crippen LogP contribution in [0.5, 0.6) is 0 Å². The van der Waals surface area contributed by atoms with Gasteiger partial charge in [0.1, 0.15) is 7.85 Å². The summed E-state index contributed by atoms with van der Waals surface area (Å²) in [5.74, 6) is -0.255. The summed E-state index contributed by atoms with van der Waals surface area (Å²) >= 11 is 3.43. The maximum Gasteiger partial charge on any atom is 0.338 e. The maximum absolute atomic E-state index is 11.4. The molecule has 0 amide bonds. The fraction of sp³-hybridized carbons (Fsp3) is 0.300. The van der Waals surface area contributed by atoms with Gasteiger partial charge in [0.15, 0.2) is 0 Å². The number of esters is 1. The van der Waals surface area contributed by atoms with Crippen LogP contribution in [0.1, 0.15) is 22.8 Å². The Balaban J connectivity index is 2.94. The minimum atomic E-state index is -0.255. The molecule has 74 valence electrons. The molecule has 0 atom stereocenters. The molecule has 0 saturated heterocycles. The van der Waals surface area contributed by atoms with Crippen molar-refractivity contribution in [2.75, 3.05) is 6.61 Å². The number of ether oxygens (including phenoxy) is 1. The third-order valence-corrected chi connectivity index (χ3v) is 2.71. The summed E-state index contributed by atoms with van der Waals surface area (Å²) in [4.78, 5) is 11.4. The van der Waals surface area contributed by atoms with Crippen molar-refractivity contribution in [2.24, 2.45) is 0 Å². The Morgan fingerprint density at radius 2 is 2.29 bits per heavy atom. The van der Waals surface area contributed by atoms with E-state index in [1.807, 2.05) is 12.1 Å². The van der Waals surface area contributed by atoms with Crippen LogP contribution < -0.4 is 0 Å². The number of benzene rings is 1. The lowest BCUT2D eigenvalue weighted by Gasteiger charge is -2.05. The van der Waals surface area contributed by atoms with Crippen LogP contribution >= 0.6 is 15.9 Å². The average Bonchev–Trinajstić information content (AvgIpc) is 2.19. The first-order chi connectivity index (χ1) is 6.69. The maximum atomic E-state index is 11.4. The van der Waals surface area contributed by atoms with Gasteiger partial charge >= 0.3 is 5.97 Å². The first-order valence-electron chi connectivity index (χ1n) is 4.64. The lowest BCUT2D eigenvalue weighted by atomic mass is 9.96. The monoisotopic (exact) mass is 254 g/mol. The topological polar surface area (TPSA) is 26.3 Å². The predicted octanol–water partition coefficient (Wildman–Crippen LogP) is 1.76. The lowest BCUT2D eigenvalue weighted by molar-refractivity contribution is 0.0526. The molecular formula is C10H12BBrO2. The molecule has 0 fully saturated rings. The van der Waals surface area contributed by atoms with Crippen LogP contribution in [-0.4, -0.2) is 20.4 Å². The zero-order chi connectivity index (χ0) is 10.6. The molecule has 0 saturated carbocycles. The molecule has 0 aliphatic carbocycles. The second-order valence-corrected chi connectivity index (χ2v) is 3.73. The first kappa shape index (κ1) is 11.3. The largest absolute Gasteiger partial charge is 0.462 e. The summed E-state index contributed by atoms with van der Waals surface area (Å²) in [5.41, 5.74) is 1.74. The number of hydrogen-bond donors (Lipinski definition) is 0. The van der Waals surface area contributed by atoms with Crippen LogP contribution in [0.15, 0.2) is 22.7 Å². The third kappa shape index (κ3) is 2.61. The van der Waals surface area contributed by atoms with Crippen molar-refractivity contribution in [3.63, 3.8) is 0 Å². The molecule has 0 aliphatic heterocycles. The van der Waals surface area contributed by atoms with Gasteiger partial charge in [-0.15, -0.1) is 0 Å². The average molecular weight is 255 g/mol. The van der Waals surface area contributed by atoms with Crippen LogP contribution in [0.3, 0.4) is 0 Å². The highest BCUT2D eigenvalue weighted by atomic mass is 79.9. The molecule has 1 aromatic rings. The highest BCUT2D eigenvalue weighted by Gasteiger charge is 2.07. The Labute approximate surface area is 93.2 Å². The van der Waals surface area contributed by atoms with Crippen molar-refractivity contribution in [1.29, 1.82) is 0 Å². The van der Waals surface area contributed by atoms with E-state index in [0.29, 0.717) is 12.2 Å². The quantitative estimate of drug-likeness (QED) is 0.607. The van der Waals surface area contributed by atoms with Gasteiger partial charge in [0.05, 0.1) is 12.2 Å². The fourth-order valence-electron chi connectivity index (χ4n) is 1.19. The Kier molecular flexibility index (Phi) is 4.20. The molecule has 0 spiro atoms.